The normalized spacial score (nSPS) is 9.88. The van der Waals surface area contributed by atoms with Gasteiger partial charge in [-0.25, -0.2) is 0 Å². The van der Waals surface area contributed by atoms with Crippen LogP contribution >= 0.6 is 36.0 Å². The van der Waals surface area contributed by atoms with Gasteiger partial charge in [0.2, 0.25) is 0 Å². The lowest BCUT2D eigenvalue weighted by Crippen LogP contribution is -2.43. The van der Waals surface area contributed by atoms with Crippen LogP contribution in [0.3, 0.4) is 0 Å². The zero-order valence-corrected chi connectivity index (χ0v) is 12.0. The minimum absolute atomic E-state index is 0.272. The summed E-state index contributed by atoms with van der Waals surface area (Å²) in [6.45, 7) is 4.01. The van der Waals surface area contributed by atoms with E-state index in [4.69, 9.17) is 36.0 Å². The summed E-state index contributed by atoms with van der Waals surface area (Å²) in [7, 11) is 0. The fraction of sp³-hybridized carbons (Fsp3) is 0.273. The molecule has 6 heteroatoms. The standard InChI is InChI=1S/C11H14ClN3S2/c1-7(2)13-10(16)15-11(17)14-9-5-3-8(12)4-6-9/h3-7H,1-2H3,(H3,13,14,15,16,17). The average molecular weight is 288 g/mol. The van der Waals surface area contributed by atoms with Crippen LogP contribution in [0.2, 0.25) is 5.02 Å². The molecule has 0 radical (unpaired) electrons. The zero-order chi connectivity index (χ0) is 12.8. The highest BCUT2D eigenvalue weighted by Crippen LogP contribution is 2.12. The Morgan fingerprint density at radius 1 is 1.12 bits per heavy atom. The topological polar surface area (TPSA) is 36.1 Å². The van der Waals surface area contributed by atoms with Crippen LogP contribution in [0.1, 0.15) is 13.8 Å². The molecule has 0 amide bonds. The van der Waals surface area contributed by atoms with Crippen molar-refractivity contribution in [1.82, 2.24) is 10.6 Å². The molecule has 0 unspecified atom stereocenters. The SMILES string of the molecule is CC(C)NC(=S)NC(=S)Nc1ccc(Cl)cc1. The van der Waals surface area contributed by atoms with Gasteiger partial charge < -0.3 is 16.0 Å². The molecular formula is C11H14ClN3S2. The molecule has 0 bridgehead atoms. The van der Waals surface area contributed by atoms with Crippen molar-refractivity contribution in [1.29, 1.82) is 0 Å². The highest BCUT2D eigenvalue weighted by atomic mass is 35.5. The molecule has 0 saturated heterocycles. The first-order chi connectivity index (χ1) is 7.97. The Kier molecular flexibility index (Phi) is 5.61. The van der Waals surface area contributed by atoms with Crippen molar-refractivity contribution in [2.24, 2.45) is 0 Å². The summed E-state index contributed by atoms with van der Waals surface area (Å²) in [5.41, 5.74) is 0.860. The summed E-state index contributed by atoms with van der Waals surface area (Å²) in [4.78, 5) is 0. The molecule has 0 atom stereocenters. The van der Waals surface area contributed by atoms with E-state index in [0.717, 1.165) is 5.69 Å². The molecule has 0 fully saturated rings. The second kappa shape index (κ2) is 6.74. The van der Waals surface area contributed by atoms with Crippen molar-refractivity contribution in [3.8, 4) is 0 Å². The molecule has 0 aliphatic heterocycles. The first-order valence-corrected chi connectivity index (χ1v) is 6.31. The van der Waals surface area contributed by atoms with Gasteiger partial charge in [0.25, 0.3) is 0 Å². The molecule has 1 aromatic rings. The minimum atomic E-state index is 0.272. The zero-order valence-electron chi connectivity index (χ0n) is 9.58. The van der Waals surface area contributed by atoms with E-state index in [0.29, 0.717) is 15.2 Å². The molecular weight excluding hydrogens is 274 g/mol. The first kappa shape index (κ1) is 14.2. The summed E-state index contributed by atoms with van der Waals surface area (Å²) in [5.74, 6) is 0. The Hall–Kier alpha value is -0.910. The third-order valence-corrected chi connectivity index (χ3v) is 2.42. The maximum absolute atomic E-state index is 5.78. The van der Waals surface area contributed by atoms with Gasteiger partial charge in [-0.15, -0.1) is 0 Å². The van der Waals surface area contributed by atoms with E-state index in [2.05, 4.69) is 16.0 Å². The molecule has 0 spiro atoms. The van der Waals surface area contributed by atoms with E-state index in [9.17, 15) is 0 Å². The second-order valence-electron chi connectivity index (χ2n) is 3.71. The Balaban J connectivity index is 2.44. The molecule has 0 aromatic heterocycles. The van der Waals surface area contributed by atoms with Gasteiger partial charge in [-0.1, -0.05) is 11.6 Å². The predicted molar refractivity (Wildman–Crippen MR) is 81.7 cm³/mol. The molecule has 3 nitrogen and oxygen atoms in total. The molecule has 17 heavy (non-hydrogen) atoms. The fourth-order valence-electron chi connectivity index (χ4n) is 1.10. The van der Waals surface area contributed by atoms with Crippen molar-refractivity contribution in [2.45, 2.75) is 19.9 Å². The fourth-order valence-corrected chi connectivity index (χ4v) is 1.85. The van der Waals surface area contributed by atoms with Crippen molar-refractivity contribution >= 4 is 51.9 Å². The van der Waals surface area contributed by atoms with Crippen molar-refractivity contribution < 1.29 is 0 Å². The number of anilines is 1. The average Bonchev–Trinajstić information content (AvgIpc) is 2.19. The van der Waals surface area contributed by atoms with Gasteiger partial charge in [0.05, 0.1) is 0 Å². The summed E-state index contributed by atoms with van der Waals surface area (Å²) in [6.07, 6.45) is 0. The molecule has 0 aliphatic rings. The Morgan fingerprint density at radius 2 is 1.71 bits per heavy atom. The third kappa shape index (κ3) is 5.81. The van der Waals surface area contributed by atoms with Crippen LogP contribution in [-0.2, 0) is 0 Å². The Bertz CT molecular complexity index is 404. The van der Waals surface area contributed by atoms with Gasteiger partial charge in [0, 0.05) is 16.8 Å². The third-order valence-electron chi connectivity index (χ3n) is 1.75. The number of halogens is 1. The van der Waals surface area contributed by atoms with Gasteiger partial charge in [0.15, 0.2) is 10.2 Å². The van der Waals surface area contributed by atoms with E-state index in [-0.39, 0.29) is 6.04 Å². The quantitative estimate of drug-likeness (QED) is 0.729. The molecule has 0 saturated carbocycles. The highest BCUT2D eigenvalue weighted by Gasteiger charge is 2.02. The largest absolute Gasteiger partial charge is 0.360 e. The van der Waals surface area contributed by atoms with Crippen LogP contribution in [0.5, 0.6) is 0 Å². The predicted octanol–water partition coefficient (Wildman–Crippen LogP) is 2.91. The number of rotatable bonds is 2. The monoisotopic (exact) mass is 287 g/mol. The van der Waals surface area contributed by atoms with Crippen molar-refractivity contribution in [2.75, 3.05) is 5.32 Å². The van der Waals surface area contributed by atoms with Crippen LogP contribution in [-0.4, -0.2) is 16.3 Å². The van der Waals surface area contributed by atoms with E-state index in [1.807, 2.05) is 26.0 Å². The maximum Gasteiger partial charge on any atom is 0.177 e. The Labute approximate surface area is 117 Å². The Morgan fingerprint density at radius 3 is 2.24 bits per heavy atom. The maximum atomic E-state index is 5.78. The van der Waals surface area contributed by atoms with Gasteiger partial charge in [0.1, 0.15) is 0 Å². The number of hydrogen-bond acceptors (Lipinski definition) is 2. The molecule has 1 rings (SSSR count). The van der Waals surface area contributed by atoms with E-state index in [1.165, 1.54) is 0 Å². The lowest BCUT2D eigenvalue weighted by Gasteiger charge is -2.14. The van der Waals surface area contributed by atoms with Crippen LogP contribution in [0.4, 0.5) is 5.69 Å². The van der Waals surface area contributed by atoms with Crippen LogP contribution in [0.25, 0.3) is 0 Å². The first-order valence-electron chi connectivity index (χ1n) is 5.11. The van der Waals surface area contributed by atoms with E-state index < -0.39 is 0 Å². The number of thiocarbonyl (C=S) groups is 2. The smallest absolute Gasteiger partial charge is 0.177 e. The van der Waals surface area contributed by atoms with Crippen LogP contribution in [0.15, 0.2) is 24.3 Å². The van der Waals surface area contributed by atoms with E-state index in [1.54, 1.807) is 12.1 Å². The minimum Gasteiger partial charge on any atom is -0.360 e. The number of nitrogens with one attached hydrogen (secondary N) is 3. The molecule has 3 N–H and O–H groups in total. The summed E-state index contributed by atoms with van der Waals surface area (Å²) in [5, 5.41) is 10.6. The van der Waals surface area contributed by atoms with Gasteiger partial charge >= 0.3 is 0 Å². The molecule has 0 heterocycles. The van der Waals surface area contributed by atoms with Gasteiger partial charge in [-0.2, -0.15) is 0 Å². The van der Waals surface area contributed by atoms with Crippen LogP contribution < -0.4 is 16.0 Å². The lowest BCUT2D eigenvalue weighted by molar-refractivity contribution is 0.731. The summed E-state index contributed by atoms with van der Waals surface area (Å²) < 4.78 is 0. The number of benzene rings is 1. The van der Waals surface area contributed by atoms with Crippen LogP contribution in [0, 0.1) is 0 Å². The number of hydrogen-bond donors (Lipinski definition) is 3. The summed E-state index contributed by atoms with van der Waals surface area (Å²) in [6, 6.07) is 7.53. The molecule has 0 aliphatic carbocycles. The van der Waals surface area contributed by atoms with Crippen molar-refractivity contribution in [3.05, 3.63) is 29.3 Å². The summed E-state index contributed by atoms with van der Waals surface area (Å²) >= 11 is 16.0. The lowest BCUT2D eigenvalue weighted by atomic mass is 10.3. The van der Waals surface area contributed by atoms with E-state index >= 15 is 0 Å². The molecule has 92 valence electrons. The molecule has 1 aromatic carbocycles. The van der Waals surface area contributed by atoms with Crippen molar-refractivity contribution in [3.63, 3.8) is 0 Å². The van der Waals surface area contributed by atoms with Gasteiger partial charge in [-0.3, -0.25) is 0 Å². The highest BCUT2D eigenvalue weighted by molar-refractivity contribution is 7.82. The van der Waals surface area contributed by atoms with Gasteiger partial charge in [-0.05, 0) is 62.5 Å². The second-order valence-corrected chi connectivity index (χ2v) is 4.97.